The number of aliphatic imine (C=N–C) groups is 1. The Hall–Kier alpha value is -6.69. The molecular formula is C43H43NO11. The molecule has 0 amide bonds. The summed E-state index contributed by atoms with van der Waals surface area (Å²) < 4.78 is 37.9. The van der Waals surface area contributed by atoms with Gasteiger partial charge in [-0.15, -0.1) is 0 Å². The first-order valence-corrected chi connectivity index (χ1v) is 17.5. The van der Waals surface area contributed by atoms with Gasteiger partial charge in [-0.1, -0.05) is 13.2 Å². The smallest absolute Gasteiger partial charge is 0.343 e. The highest BCUT2D eigenvalue weighted by molar-refractivity contribution is 5.92. The summed E-state index contributed by atoms with van der Waals surface area (Å²) in [6.45, 7) is 10.0. The molecule has 0 spiro atoms. The molecule has 4 aromatic carbocycles. The standard InChI is InChI=1S/C43H43NO11/c1-5-40(45)52-25-9-7-23-50-34-16-12-32(13-17-34)42(47)54-36-20-21-37(30(3)27-36)44-29-31-11-22-38(39(28-31)49-4)55-43(48)33-14-18-35(19-15-33)51-24-8-10-26-53-41(46)6-2/h5-6,11-22,27-29H,1-2,7-10,23-26H2,3-4H3. The van der Waals surface area contributed by atoms with Crippen molar-refractivity contribution in [3.8, 4) is 28.7 Å². The van der Waals surface area contributed by atoms with Gasteiger partial charge >= 0.3 is 23.9 Å². The van der Waals surface area contributed by atoms with Gasteiger partial charge in [0.25, 0.3) is 0 Å². The summed E-state index contributed by atoms with van der Waals surface area (Å²) in [6.07, 6.45) is 6.60. The molecule has 0 saturated carbocycles. The molecule has 0 N–H and O–H groups in total. The SMILES string of the molecule is C=CC(=O)OCCCCOc1ccc(C(=O)Oc2ccc(N=Cc3ccc(OC(=O)c4ccc(OCCCCOC(=O)C=C)cc4)c(OC)c3)c(C)c2)cc1. The van der Waals surface area contributed by atoms with Gasteiger partial charge in [0.05, 0.1) is 50.4 Å². The molecule has 0 unspecified atom stereocenters. The van der Waals surface area contributed by atoms with Crippen molar-refractivity contribution in [2.24, 2.45) is 4.99 Å². The zero-order valence-corrected chi connectivity index (χ0v) is 30.8. The highest BCUT2D eigenvalue weighted by Gasteiger charge is 2.14. The second-order valence-electron chi connectivity index (χ2n) is 11.8. The molecule has 0 bridgehead atoms. The number of unbranched alkanes of at least 4 members (excludes halogenated alkanes) is 2. The summed E-state index contributed by atoms with van der Waals surface area (Å²) in [5.41, 5.74) is 2.85. The minimum atomic E-state index is -0.563. The number of ether oxygens (including phenoxy) is 7. The second kappa shape index (κ2) is 21.7. The van der Waals surface area contributed by atoms with Gasteiger partial charge < -0.3 is 33.2 Å². The quantitative estimate of drug-likeness (QED) is 0.0269. The monoisotopic (exact) mass is 749 g/mol. The van der Waals surface area contributed by atoms with Crippen LogP contribution in [0.1, 0.15) is 57.5 Å². The van der Waals surface area contributed by atoms with Crippen molar-refractivity contribution in [2.75, 3.05) is 33.5 Å². The largest absolute Gasteiger partial charge is 0.494 e. The van der Waals surface area contributed by atoms with E-state index in [2.05, 4.69) is 18.2 Å². The van der Waals surface area contributed by atoms with E-state index in [1.165, 1.54) is 7.11 Å². The molecule has 55 heavy (non-hydrogen) atoms. The predicted octanol–water partition coefficient (Wildman–Crippen LogP) is 7.97. The van der Waals surface area contributed by atoms with E-state index in [-0.39, 0.29) is 5.75 Å². The summed E-state index contributed by atoms with van der Waals surface area (Å²) in [7, 11) is 1.48. The highest BCUT2D eigenvalue weighted by atomic mass is 16.6. The van der Waals surface area contributed by atoms with Gasteiger partial charge in [0, 0.05) is 18.4 Å². The number of aryl methyl sites for hydroxylation is 1. The van der Waals surface area contributed by atoms with E-state index < -0.39 is 23.9 Å². The fourth-order valence-corrected chi connectivity index (χ4v) is 4.78. The van der Waals surface area contributed by atoms with E-state index in [0.29, 0.717) is 97.5 Å². The minimum absolute atomic E-state index is 0.243. The average molecular weight is 750 g/mol. The van der Waals surface area contributed by atoms with Crippen LogP contribution in [0.15, 0.2) is 115 Å². The maximum Gasteiger partial charge on any atom is 0.343 e. The lowest BCUT2D eigenvalue weighted by molar-refractivity contribution is -0.138. The van der Waals surface area contributed by atoms with E-state index in [0.717, 1.165) is 17.7 Å². The van der Waals surface area contributed by atoms with E-state index in [1.807, 2.05) is 6.92 Å². The van der Waals surface area contributed by atoms with Crippen LogP contribution < -0.4 is 23.7 Å². The number of carbonyl (C=O) groups excluding carboxylic acids is 4. The molecule has 286 valence electrons. The van der Waals surface area contributed by atoms with E-state index in [9.17, 15) is 19.2 Å². The number of hydrogen-bond donors (Lipinski definition) is 0. The summed E-state index contributed by atoms with van der Waals surface area (Å²) >= 11 is 0. The van der Waals surface area contributed by atoms with Crippen molar-refractivity contribution in [3.05, 3.63) is 132 Å². The van der Waals surface area contributed by atoms with E-state index in [1.54, 1.807) is 91.1 Å². The van der Waals surface area contributed by atoms with Crippen LogP contribution in [0, 0.1) is 6.92 Å². The number of rotatable bonds is 21. The fraction of sp³-hybridized carbons (Fsp3) is 0.233. The van der Waals surface area contributed by atoms with Crippen molar-refractivity contribution in [2.45, 2.75) is 32.6 Å². The van der Waals surface area contributed by atoms with Crippen LogP contribution in [0.4, 0.5) is 5.69 Å². The van der Waals surface area contributed by atoms with Gasteiger partial charge in [-0.3, -0.25) is 4.99 Å². The number of nitrogens with zero attached hydrogens (tertiary/aromatic N) is 1. The third kappa shape index (κ3) is 13.7. The summed E-state index contributed by atoms with van der Waals surface area (Å²) in [4.78, 5) is 52.4. The maximum atomic E-state index is 12.9. The van der Waals surface area contributed by atoms with Gasteiger partial charge in [-0.05, 0) is 129 Å². The van der Waals surface area contributed by atoms with Crippen LogP contribution in [-0.4, -0.2) is 63.6 Å². The Morgan fingerprint density at radius 2 is 1.11 bits per heavy atom. The van der Waals surface area contributed by atoms with Gasteiger partial charge in [-0.2, -0.15) is 0 Å². The Kier molecular flexibility index (Phi) is 16.2. The highest BCUT2D eigenvalue weighted by Crippen LogP contribution is 2.30. The molecule has 12 heteroatoms. The summed E-state index contributed by atoms with van der Waals surface area (Å²) in [5.74, 6) is 0.181. The van der Waals surface area contributed by atoms with E-state index in [4.69, 9.17) is 33.2 Å². The zero-order chi connectivity index (χ0) is 39.4. The molecular weight excluding hydrogens is 706 g/mol. The Labute approximate surface area is 319 Å². The number of hydrogen-bond acceptors (Lipinski definition) is 12. The third-order valence-electron chi connectivity index (χ3n) is 7.74. The van der Waals surface area contributed by atoms with Crippen LogP contribution in [0.2, 0.25) is 0 Å². The minimum Gasteiger partial charge on any atom is -0.494 e. The van der Waals surface area contributed by atoms with Gasteiger partial charge in [0.1, 0.15) is 17.2 Å². The fourth-order valence-electron chi connectivity index (χ4n) is 4.78. The van der Waals surface area contributed by atoms with Gasteiger partial charge in [-0.25, -0.2) is 19.2 Å². The lowest BCUT2D eigenvalue weighted by Crippen LogP contribution is -2.09. The molecule has 4 aromatic rings. The lowest BCUT2D eigenvalue weighted by atomic mass is 10.1. The molecule has 0 aliphatic rings. The first kappa shape index (κ1) is 41.1. The van der Waals surface area contributed by atoms with Gasteiger partial charge in [0.15, 0.2) is 11.5 Å². The molecule has 0 aromatic heterocycles. The Balaban J connectivity index is 1.24. The summed E-state index contributed by atoms with van der Waals surface area (Å²) in [5, 5.41) is 0. The molecule has 0 atom stereocenters. The number of carbonyl (C=O) groups is 4. The van der Waals surface area contributed by atoms with Crippen molar-refractivity contribution >= 4 is 35.8 Å². The molecule has 0 fully saturated rings. The molecule has 0 saturated heterocycles. The van der Waals surface area contributed by atoms with Crippen LogP contribution in [0.3, 0.4) is 0 Å². The predicted molar refractivity (Wildman–Crippen MR) is 206 cm³/mol. The van der Waals surface area contributed by atoms with Gasteiger partial charge in [0.2, 0.25) is 0 Å². The van der Waals surface area contributed by atoms with Crippen LogP contribution in [0.5, 0.6) is 28.7 Å². The Morgan fingerprint density at radius 3 is 1.62 bits per heavy atom. The molecule has 12 nitrogen and oxygen atoms in total. The zero-order valence-electron chi connectivity index (χ0n) is 30.8. The maximum absolute atomic E-state index is 12.9. The Bertz CT molecular complexity index is 1970. The number of esters is 4. The topological polar surface area (TPSA) is 145 Å². The van der Waals surface area contributed by atoms with Crippen molar-refractivity contribution in [3.63, 3.8) is 0 Å². The van der Waals surface area contributed by atoms with Crippen molar-refractivity contribution < 1.29 is 52.3 Å². The van der Waals surface area contributed by atoms with Crippen LogP contribution in [-0.2, 0) is 19.1 Å². The molecule has 0 aliphatic heterocycles. The molecule has 0 aliphatic carbocycles. The second-order valence-corrected chi connectivity index (χ2v) is 11.8. The van der Waals surface area contributed by atoms with Crippen LogP contribution in [0.25, 0.3) is 0 Å². The molecule has 0 heterocycles. The Morgan fingerprint density at radius 1 is 0.600 bits per heavy atom. The van der Waals surface area contributed by atoms with Crippen molar-refractivity contribution in [1.82, 2.24) is 0 Å². The van der Waals surface area contributed by atoms with E-state index >= 15 is 0 Å². The van der Waals surface area contributed by atoms with Crippen molar-refractivity contribution in [1.29, 1.82) is 0 Å². The first-order valence-electron chi connectivity index (χ1n) is 17.5. The molecule has 4 rings (SSSR count). The van der Waals surface area contributed by atoms with Crippen LogP contribution >= 0.6 is 0 Å². The summed E-state index contributed by atoms with van der Waals surface area (Å²) in [6, 6.07) is 23.4. The normalized spacial score (nSPS) is 10.6. The average Bonchev–Trinajstić information content (AvgIpc) is 3.20. The number of benzene rings is 4. The lowest BCUT2D eigenvalue weighted by Gasteiger charge is -2.11. The molecule has 0 radical (unpaired) electrons. The number of methoxy groups -OCH3 is 1. The first-order chi connectivity index (χ1) is 26.7. The third-order valence-corrected chi connectivity index (χ3v) is 7.74.